The van der Waals surface area contributed by atoms with E-state index in [-0.39, 0.29) is 0 Å². The predicted octanol–water partition coefficient (Wildman–Crippen LogP) is 3.89. The molecule has 1 heterocycles. The van der Waals surface area contributed by atoms with Crippen LogP contribution in [0.2, 0.25) is 0 Å². The Morgan fingerprint density at radius 3 is 2.20 bits per heavy atom. The molecule has 0 amide bonds. The molecule has 0 saturated heterocycles. The molecular weight excluding hydrogens is 246 g/mol. The van der Waals surface area contributed by atoms with Gasteiger partial charge in [0.2, 0.25) is 0 Å². The highest BCUT2D eigenvalue weighted by atomic mass is 15.3. The smallest absolute Gasteiger partial charge is 0.181 e. The van der Waals surface area contributed by atoms with Crippen molar-refractivity contribution in [2.75, 3.05) is 0 Å². The van der Waals surface area contributed by atoms with Gasteiger partial charge in [0.25, 0.3) is 0 Å². The fourth-order valence-corrected chi connectivity index (χ4v) is 2.22. The summed E-state index contributed by atoms with van der Waals surface area (Å²) in [6.07, 6.45) is 1.98. The Kier molecular flexibility index (Phi) is 3.59. The SMILES string of the molecule is CCCc1nc(-c2ccccc2)nn1-c1ccccc1. The summed E-state index contributed by atoms with van der Waals surface area (Å²) in [4.78, 5) is 4.70. The second-order valence-electron chi connectivity index (χ2n) is 4.72. The van der Waals surface area contributed by atoms with Crippen molar-refractivity contribution in [2.45, 2.75) is 19.8 Å². The molecule has 3 rings (SSSR count). The van der Waals surface area contributed by atoms with Crippen LogP contribution in [-0.4, -0.2) is 14.8 Å². The van der Waals surface area contributed by atoms with E-state index in [9.17, 15) is 0 Å². The van der Waals surface area contributed by atoms with Gasteiger partial charge in [-0.1, -0.05) is 55.5 Å². The number of aryl methyl sites for hydroxylation is 1. The van der Waals surface area contributed by atoms with Crippen LogP contribution in [0.15, 0.2) is 60.7 Å². The summed E-state index contributed by atoms with van der Waals surface area (Å²) < 4.78 is 1.95. The van der Waals surface area contributed by atoms with E-state index in [0.717, 1.165) is 35.7 Å². The molecule has 20 heavy (non-hydrogen) atoms. The second kappa shape index (κ2) is 5.70. The first-order valence-corrected chi connectivity index (χ1v) is 6.95. The summed E-state index contributed by atoms with van der Waals surface area (Å²) in [5.41, 5.74) is 2.12. The van der Waals surface area contributed by atoms with Gasteiger partial charge in [-0.2, -0.15) is 0 Å². The molecule has 3 aromatic rings. The highest BCUT2D eigenvalue weighted by Crippen LogP contribution is 2.18. The molecule has 0 aliphatic heterocycles. The van der Waals surface area contributed by atoms with Gasteiger partial charge in [0.05, 0.1) is 5.69 Å². The topological polar surface area (TPSA) is 30.7 Å². The minimum absolute atomic E-state index is 0.790. The van der Waals surface area contributed by atoms with Crippen LogP contribution in [0, 0.1) is 0 Å². The third-order valence-electron chi connectivity index (χ3n) is 3.18. The van der Waals surface area contributed by atoms with E-state index < -0.39 is 0 Å². The van der Waals surface area contributed by atoms with Gasteiger partial charge in [0.1, 0.15) is 5.82 Å². The monoisotopic (exact) mass is 263 g/mol. The van der Waals surface area contributed by atoms with Crippen molar-refractivity contribution >= 4 is 0 Å². The molecule has 0 fully saturated rings. The lowest BCUT2D eigenvalue weighted by atomic mass is 10.2. The fourth-order valence-electron chi connectivity index (χ4n) is 2.22. The minimum atomic E-state index is 0.790. The molecule has 0 aliphatic carbocycles. The van der Waals surface area contributed by atoms with Crippen LogP contribution < -0.4 is 0 Å². The van der Waals surface area contributed by atoms with Gasteiger partial charge < -0.3 is 0 Å². The Morgan fingerprint density at radius 2 is 1.55 bits per heavy atom. The van der Waals surface area contributed by atoms with Crippen molar-refractivity contribution in [1.82, 2.24) is 14.8 Å². The first kappa shape index (κ1) is 12.6. The molecule has 0 radical (unpaired) electrons. The van der Waals surface area contributed by atoms with Crippen molar-refractivity contribution in [3.05, 3.63) is 66.5 Å². The van der Waals surface area contributed by atoms with Gasteiger partial charge in [0.15, 0.2) is 5.82 Å². The third-order valence-corrected chi connectivity index (χ3v) is 3.18. The molecule has 0 bridgehead atoms. The molecule has 0 saturated carbocycles. The number of aromatic nitrogens is 3. The van der Waals surface area contributed by atoms with Crippen molar-refractivity contribution in [2.24, 2.45) is 0 Å². The van der Waals surface area contributed by atoms with Crippen LogP contribution in [0.3, 0.4) is 0 Å². The van der Waals surface area contributed by atoms with Crippen molar-refractivity contribution in [1.29, 1.82) is 0 Å². The van der Waals surface area contributed by atoms with Crippen molar-refractivity contribution < 1.29 is 0 Å². The second-order valence-corrected chi connectivity index (χ2v) is 4.72. The maximum atomic E-state index is 4.70. The quantitative estimate of drug-likeness (QED) is 0.715. The van der Waals surface area contributed by atoms with Crippen LogP contribution in [0.5, 0.6) is 0 Å². The molecule has 3 heteroatoms. The summed E-state index contributed by atoms with van der Waals surface area (Å²) in [7, 11) is 0. The summed E-state index contributed by atoms with van der Waals surface area (Å²) in [5, 5.41) is 4.67. The van der Waals surface area contributed by atoms with Gasteiger partial charge in [-0.3, -0.25) is 0 Å². The Balaban J connectivity index is 2.08. The minimum Gasteiger partial charge on any atom is -0.217 e. The van der Waals surface area contributed by atoms with E-state index in [4.69, 9.17) is 4.98 Å². The molecule has 3 nitrogen and oxygen atoms in total. The molecule has 1 aromatic heterocycles. The predicted molar refractivity (Wildman–Crippen MR) is 80.8 cm³/mol. The third kappa shape index (κ3) is 2.48. The number of benzene rings is 2. The maximum absolute atomic E-state index is 4.70. The zero-order valence-electron chi connectivity index (χ0n) is 11.5. The summed E-state index contributed by atoms with van der Waals surface area (Å²) in [6, 6.07) is 20.3. The molecular formula is C17H17N3. The van der Waals surface area contributed by atoms with Crippen LogP contribution >= 0.6 is 0 Å². The van der Waals surface area contributed by atoms with Crippen LogP contribution in [-0.2, 0) is 6.42 Å². The fraction of sp³-hybridized carbons (Fsp3) is 0.176. The molecule has 100 valence electrons. The zero-order valence-corrected chi connectivity index (χ0v) is 11.5. The van der Waals surface area contributed by atoms with Gasteiger partial charge in [-0.15, -0.1) is 5.10 Å². The summed E-state index contributed by atoms with van der Waals surface area (Å²) in [6.45, 7) is 2.16. The summed E-state index contributed by atoms with van der Waals surface area (Å²) in [5.74, 6) is 1.80. The number of hydrogen-bond acceptors (Lipinski definition) is 2. The van der Waals surface area contributed by atoms with Crippen molar-refractivity contribution in [3.63, 3.8) is 0 Å². The average molecular weight is 263 g/mol. The Hall–Kier alpha value is -2.42. The normalized spacial score (nSPS) is 10.7. The standard InChI is InChI=1S/C17H17N3/c1-2-9-16-18-17(14-10-5-3-6-11-14)19-20(16)15-12-7-4-8-13-15/h3-8,10-13H,2,9H2,1H3. The number of nitrogens with zero attached hydrogens (tertiary/aromatic N) is 3. The Labute approximate surface area is 118 Å². The van der Waals surface area contributed by atoms with E-state index in [2.05, 4.69) is 24.2 Å². The lowest BCUT2D eigenvalue weighted by Gasteiger charge is -2.03. The number of para-hydroxylation sites is 1. The van der Waals surface area contributed by atoms with Crippen LogP contribution in [0.4, 0.5) is 0 Å². The van der Waals surface area contributed by atoms with E-state index in [1.54, 1.807) is 0 Å². The van der Waals surface area contributed by atoms with E-state index >= 15 is 0 Å². The van der Waals surface area contributed by atoms with E-state index in [0.29, 0.717) is 0 Å². The Bertz CT molecular complexity index is 672. The van der Waals surface area contributed by atoms with Gasteiger partial charge in [-0.25, -0.2) is 9.67 Å². The van der Waals surface area contributed by atoms with Crippen LogP contribution in [0.25, 0.3) is 17.1 Å². The molecule has 0 unspecified atom stereocenters. The zero-order chi connectivity index (χ0) is 13.8. The first-order valence-electron chi connectivity index (χ1n) is 6.95. The lowest BCUT2D eigenvalue weighted by Crippen LogP contribution is -2.02. The molecule has 0 spiro atoms. The largest absolute Gasteiger partial charge is 0.217 e. The molecule has 0 atom stereocenters. The number of hydrogen-bond donors (Lipinski definition) is 0. The average Bonchev–Trinajstić information content (AvgIpc) is 2.94. The van der Waals surface area contributed by atoms with Crippen LogP contribution in [0.1, 0.15) is 19.2 Å². The van der Waals surface area contributed by atoms with Gasteiger partial charge in [0, 0.05) is 12.0 Å². The first-order chi connectivity index (χ1) is 9.88. The molecule has 0 aliphatic rings. The van der Waals surface area contributed by atoms with Gasteiger partial charge in [-0.05, 0) is 18.6 Å². The van der Waals surface area contributed by atoms with Crippen molar-refractivity contribution in [3.8, 4) is 17.1 Å². The Morgan fingerprint density at radius 1 is 0.900 bits per heavy atom. The highest BCUT2D eigenvalue weighted by Gasteiger charge is 2.11. The van der Waals surface area contributed by atoms with E-state index in [1.807, 2.05) is 53.2 Å². The maximum Gasteiger partial charge on any atom is 0.181 e. The lowest BCUT2D eigenvalue weighted by molar-refractivity contribution is 0.759. The number of rotatable bonds is 4. The summed E-state index contributed by atoms with van der Waals surface area (Å²) >= 11 is 0. The molecule has 0 N–H and O–H groups in total. The highest BCUT2D eigenvalue weighted by molar-refractivity contribution is 5.54. The van der Waals surface area contributed by atoms with Gasteiger partial charge >= 0.3 is 0 Å². The molecule has 2 aromatic carbocycles. The van der Waals surface area contributed by atoms with E-state index in [1.165, 1.54) is 0 Å².